The van der Waals surface area contributed by atoms with Crippen molar-refractivity contribution in [3.05, 3.63) is 0 Å². The maximum absolute atomic E-state index is 6.36. The molecule has 112 valence electrons. The Kier molecular flexibility index (Phi) is 6.08. The number of rotatable bonds is 4. The van der Waals surface area contributed by atoms with E-state index in [1.807, 2.05) is 0 Å². The third-order valence-electron chi connectivity index (χ3n) is 5.26. The highest BCUT2D eigenvalue weighted by Gasteiger charge is 2.32. The summed E-state index contributed by atoms with van der Waals surface area (Å²) >= 11 is 4.65. The number of hydrogen-bond donors (Lipinski definition) is 1. The SMILES string of the molecule is CC1CC(C)CC(OCC2(CS)CCCCCC2)C1. The highest BCUT2D eigenvalue weighted by Crippen LogP contribution is 2.38. The summed E-state index contributed by atoms with van der Waals surface area (Å²) in [7, 11) is 0. The van der Waals surface area contributed by atoms with Crippen molar-refractivity contribution in [3.63, 3.8) is 0 Å². The Hall–Kier alpha value is 0.310. The molecule has 0 spiro atoms. The van der Waals surface area contributed by atoms with Gasteiger partial charge >= 0.3 is 0 Å². The van der Waals surface area contributed by atoms with Crippen LogP contribution in [-0.4, -0.2) is 18.5 Å². The van der Waals surface area contributed by atoms with E-state index in [0.29, 0.717) is 11.5 Å². The van der Waals surface area contributed by atoms with E-state index in [1.165, 1.54) is 57.8 Å². The van der Waals surface area contributed by atoms with Crippen LogP contribution in [0.2, 0.25) is 0 Å². The largest absolute Gasteiger partial charge is 0.378 e. The van der Waals surface area contributed by atoms with Crippen molar-refractivity contribution in [2.75, 3.05) is 12.4 Å². The zero-order valence-corrected chi connectivity index (χ0v) is 13.8. The van der Waals surface area contributed by atoms with Gasteiger partial charge in [0.1, 0.15) is 0 Å². The van der Waals surface area contributed by atoms with E-state index in [2.05, 4.69) is 26.5 Å². The summed E-state index contributed by atoms with van der Waals surface area (Å²) in [5.74, 6) is 2.69. The Morgan fingerprint density at radius 2 is 1.53 bits per heavy atom. The fourth-order valence-electron chi connectivity index (χ4n) is 4.13. The summed E-state index contributed by atoms with van der Waals surface area (Å²) in [6.07, 6.45) is 12.7. The fourth-order valence-corrected chi connectivity index (χ4v) is 4.54. The molecule has 0 heterocycles. The molecule has 0 aromatic rings. The normalized spacial score (nSPS) is 35.8. The second-order valence-corrected chi connectivity index (χ2v) is 7.74. The van der Waals surface area contributed by atoms with Gasteiger partial charge in [0.25, 0.3) is 0 Å². The van der Waals surface area contributed by atoms with E-state index in [1.54, 1.807) is 0 Å². The maximum Gasteiger partial charge on any atom is 0.0580 e. The minimum absolute atomic E-state index is 0.379. The van der Waals surface area contributed by atoms with Crippen molar-refractivity contribution in [1.82, 2.24) is 0 Å². The van der Waals surface area contributed by atoms with E-state index in [0.717, 1.165) is 24.2 Å². The van der Waals surface area contributed by atoms with Gasteiger partial charge in [0.15, 0.2) is 0 Å². The average Bonchev–Trinajstić information content (AvgIpc) is 2.61. The molecule has 0 aromatic carbocycles. The molecular weight excluding hydrogens is 252 g/mol. The van der Waals surface area contributed by atoms with Crippen molar-refractivity contribution in [2.24, 2.45) is 17.3 Å². The third kappa shape index (κ3) is 4.67. The van der Waals surface area contributed by atoms with Crippen molar-refractivity contribution in [3.8, 4) is 0 Å². The predicted octanol–water partition coefficient (Wildman–Crippen LogP) is 5.10. The first-order valence-corrected chi connectivity index (χ1v) is 8.99. The molecule has 2 fully saturated rings. The van der Waals surface area contributed by atoms with E-state index in [4.69, 9.17) is 4.74 Å². The minimum atomic E-state index is 0.379. The summed E-state index contributed by atoms with van der Waals surface area (Å²) < 4.78 is 6.36. The van der Waals surface area contributed by atoms with Crippen LogP contribution in [0.1, 0.15) is 71.6 Å². The van der Waals surface area contributed by atoms with Crippen LogP contribution in [0.4, 0.5) is 0 Å². The maximum atomic E-state index is 6.36. The zero-order chi connectivity index (χ0) is 13.7. The molecular formula is C17H32OS. The monoisotopic (exact) mass is 284 g/mol. The zero-order valence-electron chi connectivity index (χ0n) is 12.9. The van der Waals surface area contributed by atoms with Crippen LogP contribution >= 0.6 is 12.6 Å². The van der Waals surface area contributed by atoms with E-state index >= 15 is 0 Å². The fraction of sp³-hybridized carbons (Fsp3) is 1.00. The quantitative estimate of drug-likeness (QED) is 0.558. The molecule has 2 heteroatoms. The van der Waals surface area contributed by atoms with Gasteiger partial charge in [-0.05, 0) is 49.7 Å². The predicted molar refractivity (Wildman–Crippen MR) is 85.9 cm³/mol. The molecule has 2 unspecified atom stereocenters. The minimum Gasteiger partial charge on any atom is -0.378 e. The Labute approximate surface area is 125 Å². The van der Waals surface area contributed by atoms with Crippen molar-refractivity contribution < 1.29 is 4.74 Å². The smallest absolute Gasteiger partial charge is 0.0580 e. The van der Waals surface area contributed by atoms with Crippen LogP contribution in [0, 0.1) is 17.3 Å². The Morgan fingerprint density at radius 1 is 0.947 bits per heavy atom. The van der Waals surface area contributed by atoms with E-state index in [-0.39, 0.29) is 0 Å². The molecule has 2 aliphatic carbocycles. The molecule has 0 N–H and O–H groups in total. The van der Waals surface area contributed by atoms with Gasteiger partial charge in [-0.15, -0.1) is 0 Å². The molecule has 19 heavy (non-hydrogen) atoms. The summed E-state index contributed by atoms with van der Waals surface area (Å²) in [5, 5.41) is 0. The van der Waals surface area contributed by atoms with Crippen LogP contribution in [0.15, 0.2) is 0 Å². The lowest BCUT2D eigenvalue weighted by atomic mass is 9.80. The first-order chi connectivity index (χ1) is 9.13. The first kappa shape index (κ1) is 15.7. The summed E-state index contributed by atoms with van der Waals surface area (Å²) in [6, 6.07) is 0. The lowest BCUT2D eigenvalue weighted by Gasteiger charge is -2.36. The molecule has 2 atom stereocenters. The van der Waals surface area contributed by atoms with Crippen molar-refractivity contribution >= 4 is 12.6 Å². The third-order valence-corrected chi connectivity index (χ3v) is 5.93. The summed E-state index contributed by atoms with van der Waals surface area (Å²) in [6.45, 7) is 5.72. The standard InChI is InChI=1S/C17H32OS/c1-14-9-15(2)11-16(10-14)18-12-17(13-19)7-5-3-4-6-8-17/h14-16,19H,3-13H2,1-2H3. The number of thiol groups is 1. The number of ether oxygens (including phenoxy) is 1. The molecule has 2 aliphatic rings. The topological polar surface area (TPSA) is 9.23 Å². The first-order valence-electron chi connectivity index (χ1n) is 8.36. The van der Waals surface area contributed by atoms with Gasteiger partial charge in [-0.25, -0.2) is 0 Å². The second kappa shape index (κ2) is 7.36. The summed E-state index contributed by atoms with van der Waals surface area (Å²) in [4.78, 5) is 0. The molecule has 0 bridgehead atoms. The van der Waals surface area contributed by atoms with Gasteiger partial charge in [-0.3, -0.25) is 0 Å². The molecule has 0 radical (unpaired) electrons. The molecule has 0 aromatic heterocycles. The second-order valence-electron chi connectivity index (χ2n) is 7.42. The highest BCUT2D eigenvalue weighted by molar-refractivity contribution is 7.80. The Morgan fingerprint density at radius 3 is 2.05 bits per heavy atom. The Balaban J connectivity index is 1.84. The molecule has 1 nitrogen and oxygen atoms in total. The van der Waals surface area contributed by atoms with Crippen LogP contribution in [0.3, 0.4) is 0 Å². The van der Waals surface area contributed by atoms with Crippen LogP contribution in [0.5, 0.6) is 0 Å². The van der Waals surface area contributed by atoms with Gasteiger partial charge in [-0.1, -0.05) is 39.5 Å². The molecule has 2 saturated carbocycles. The van der Waals surface area contributed by atoms with Crippen LogP contribution in [-0.2, 0) is 4.74 Å². The average molecular weight is 285 g/mol. The molecule has 0 aliphatic heterocycles. The van der Waals surface area contributed by atoms with Gasteiger partial charge in [0, 0.05) is 5.41 Å². The van der Waals surface area contributed by atoms with Crippen molar-refractivity contribution in [2.45, 2.75) is 77.7 Å². The van der Waals surface area contributed by atoms with Gasteiger partial charge in [0.2, 0.25) is 0 Å². The highest BCUT2D eigenvalue weighted by atomic mass is 32.1. The molecule has 0 saturated heterocycles. The number of hydrogen-bond acceptors (Lipinski definition) is 2. The van der Waals surface area contributed by atoms with Crippen LogP contribution in [0.25, 0.3) is 0 Å². The van der Waals surface area contributed by atoms with Gasteiger partial charge in [-0.2, -0.15) is 12.6 Å². The van der Waals surface area contributed by atoms with E-state index in [9.17, 15) is 0 Å². The lowest BCUT2D eigenvalue weighted by Crippen LogP contribution is -2.34. The molecule has 2 rings (SSSR count). The van der Waals surface area contributed by atoms with Gasteiger partial charge in [0.05, 0.1) is 12.7 Å². The van der Waals surface area contributed by atoms with Gasteiger partial charge < -0.3 is 4.74 Å². The lowest BCUT2D eigenvalue weighted by molar-refractivity contribution is -0.0411. The summed E-state index contributed by atoms with van der Waals surface area (Å²) in [5.41, 5.74) is 0.379. The Bertz CT molecular complexity index is 248. The van der Waals surface area contributed by atoms with E-state index < -0.39 is 0 Å². The molecule has 0 amide bonds. The van der Waals surface area contributed by atoms with Crippen LogP contribution < -0.4 is 0 Å². The van der Waals surface area contributed by atoms with Crippen molar-refractivity contribution in [1.29, 1.82) is 0 Å².